The minimum atomic E-state index is -0.286. The van der Waals surface area contributed by atoms with E-state index in [-0.39, 0.29) is 23.1 Å². The van der Waals surface area contributed by atoms with Gasteiger partial charge in [0, 0.05) is 24.3 Å². The van der Waals surface area contributed by atoms with Crippen molar-refractivity contribution in [3.63, 3.8) is 0 Å². The van der Waals surface area contributed by atoms with Gasteiger partial charge in [0.1, 0.15) is 5.56 Å². The molecule has 1 amide bonds. The van der Waals surface area contributed by atoms with E-state index in [1.807, 2.05) is 19.9 Å². The first-order chi connectivity index (χ1) is 12.0. The van der Waals surface area contributed by atoms with Crippen LogP contribution in [0, 0.1) is 13.8 Å². The van der Waals surface area contributed by atoms with Crippen molar-refractivity contribution >= 4 is 5.91 Å². The Hall–Kier alpha value is -1.62. The molecule has 2 fully saturated rings. The van der Waals surface area contributed by atoms with Gasteiger partial charge in [0.25, 0.3) is 11.5 Å². The number of aryl methyl sites for hydroxylation is 2. The Morgan fingerprint density at radius 1 is 1.12 bits per heavy atom. The lowest BCUT2D eigenvalue weighted by atomic mass is 9.99. The van der Waals surface area contributed by atoms with Crippen LogP contribution in [0.4, 0.5) is 0 Å². The fourth-order valence-electron chi connectivity index (χ4n) is 4.47. The Morgan fingerprint density at radius 2 is 1.84 bits per heavy atom. The number of aromatic nitrogens is 1. The maximum absolute atomic E-state index is 12.7. The summed E-state index contributed by atoms with van der Waals surface area (Å²) in [5.74, 6) is -0.230. The molecule has 1 aromatic rings. The van der Waals surface area contributed by atoms with E-state index in [1.165, 1.54) is 38.5 Å². The van der Waals surface area contributed by atoms with Gasteiger partial charge in [0.05, 0.1) is 0 Å². The Kier molecular flexibility index (Phi) is 5.94. The van der Waals surface area contributed by atoms with Crippen molar-refractivity contribution in [2.75, 3.05) is 13.1 Å². The van der Waals surface area contributed by atoms with Crippen LogP contribution in [0.5, 0.6) is 0 Å². The minimum absolute atomic E-state index is 0.143. The molecule has 0 spiro atoms. The predicted molar refractivity (Wildman–Crippen MR) is 100 cm³/mol. The van der Waals surface area contributed by atoms with E-state index < -0.39 is 0 Å². The third kappa shape index (κ3) is 4.51. The number of H-pyrrole nitrogens is 1. The van der Waals surface area contributed by atoms with E-state index >= 15 is 0 Å². The smallest absolute Gasteiger partial charge is 0.261 e. The number of likely N-dealkylation sites (tertiary alicyclic amines) is 1. The molecule has 1 saturated heterocycles. The summed E-state index contributed by atoms with van der Waals surface area (Å²) in [7, 11) is 0. The van der Waals surface area contributed by atoms with Crippen molar-refractivity contribution in [3.8, 4) is 0 Å². The molecule has 5 nitrogen and oxygen atoms in total. The molecule has 25 heavy (non-hydrogen) atoms. The summed E-state index contributed by atoms with van der Waals surface area (Å²) < 4.78 is 0. The summed E-state index contributed by atoms with van der Waals surface area (Å²) >= 11 is 0. The number of hydrogen-bond donors (Lipinski definition) is 2. The number of nitrogens with one attached hydrogen (secondary N) is 2. The quantitative estimate of drug-likeness (QED) is 0.828. The molecule has 0 radical (unpaired) electrons. The normalized spacial score (nSPS) is 23.2. The monoisotopic (exact) mass is 345 g/mol. The van der Waals surface area contributed by atoms with Crippen LogP contribution < -0.4 is 10.9 Å². The lowest BCUT2D eigenvalue weighted by Gasteiger charge is -2.38. The standard InChI is InChI=1S/C20H31N3O2/c1-14-12-15(2)21-19(24)18(14)20(25)22-16-8-7-11-23(13-16)17-9-5-3-4-6-10-17/h12,16-17H,3-11,13H2,1-2H3,(H,21,24)(H,22,25). The number of amides is 1. The van der Waals surface area contributed by atoms with E-state index in [0.29, 0.717) is 6.04 Å². The van der Waals surface area contributed by atoms with Gasteiger partial charge in [-0.05, 0) is 57.7 Å². The number of rotatable bonds is 3. The molecule has 2 aliphatic rings. The predicted octanol–water partition coefficient (Wildman–Crippen LogP) is 2.91. The molecular weight excluding hydrogens is 314 g/mol. The zero-order valence-electron chi connectivity index (χ0n) is 15.6. The summed E-state index contributed by atoms with van der Waals surface area (Å²) in [5.41, 5.74) is 1.51. The molecular formula is C20H31N3O2. The molecule has 0 aromatic carbocycles. The fourth-order valence-corrected chi connectivity index (χ4v) is 4.47. The molecule has 1 aromatic heterocycles. The van der Waals surface area contributed by atoms with Crippen LogP contribution in [-0.2, 0) is 0 Å². The van der Waals surface area contributed by atoms with Crippen LogP contribution in [-0.4, -0.2) is 41.0 Å². The Labute approximate surface area is 150 Å². The zero-order chi connectivity index (χ0) is 17.8. The van der Waals surface area contributed by atoms with Gasteiger partial charge < -0.3 is 10.3 Å². The van der Waals surface area contributed by atoms with Crippen LogP contribution in [0.15, 0.2) is 10.9 Å². The average molecular weight is 345 g/mol. The largest absolute Gasteiger partial charge is 0.348 e. The molecule has 1 unspecified atom stereocenters. The topological polar surface area (TPSA) is 65.2 Å². The molecule has 2 N–H and O–H groups in total. The number of aromatic amines is 1. The van der Waals surface area contributed by atoms with Crippen molar-refractivity contribution in [2.45, 2.75) is 77.3 Å². The molecule has 138 valence electrons. The maximum Gasteiger partial charge on any atom is 0.261 e. The Balaban J connectivity index is 1.64. The van der Waals surface area contributed by atoms with E-state index in [2.05, 4.69) is 15.2 Å². The lowest BCUT2D eigenvalue weighted by Crippen LogP contribution is -2.51. The van der Waals surface area contributed by atoms with Crippen LogP contribution in [0.1, 0.15) is 73.0 Å². The van der Waals surface area contributed by atoms with Gasteiger partial charge in [0.15, 0.2) is 0 Å². The number of nitrogens with zero attached hydrogens (tertiary/aromatic N) is 1. The highest BCUT2D eigenvalue weighted by Crippen LogP contribution is 2.24. The second-order valence-corrected chi connectivity index (χ2v) is 7.79. The first-order valence-corrected chi connectivity index (χ1v) is 9.80. The summed E-state index contributed by atoms with van der Waals surface area (Å²) in [5, 5.41) is 3.12. The maximum atomic E-state index is 12.7. The average Bonchev–Trinajstić information content (AvgIpc) is 2.83. The molecule has 1 aliphatic carbocycles. The number of carbonyl (C=O) groups excluding carboxylic acids is 1. The number of hydrogen-bond acceptors (Lipinski definition) is 3. The first-order valence-electron chi connectivity index (χ1n) is 9.80. The highest BCUT2D eigenvalue weighted by Gasteiger charge is 2.28. The van der Waals surface area contributed by atoms with Gasteiger partial charge in [-0.1, -0.05) is 25.7 Å². The van der Waals surface area contributed by atoms with Gasteiger partial charge in [0.2, 0.25) is 0 Å². The Bertz CT molecular complexity index is 659. The molecule has 1 saturated carbocycles. The van der Waals surface area contributed by atoms with Crippen molar-refractivity contribution in [3.05, 3.63) is 33.2 Å². The third-order valence-corrected chi connectivity index (χ3v) is 5.72. The van der Waals surface area contributed by atoms with Crippen molar-refractivity contribution in [1.29, 1.82) is 0 Å². The minimum Gasteiger partial charge on any atom is -0.348 e. The van der Waals surface area contributed by atoms with Crippen molar-refractivity contribution in [2.24, 2.45) is 0 Å². The highest BCUT2D eigenvalue weighted by molar-refractivity contribution is 5.95. The second kappa shape index (κ2) is 8.17. The van der Waals surface area contributed by atoms with Crippen LogP contribution in [0.25, 0.3) is 0 Å². The van der Waals surface area contributed by atoms with Crippen molar-refractivity contribution < 1.29 is 4.79 Å². The summed E-state index contributed by atoms with van der Waals surface area (Å²) in [6.45, 7) is 5.72. The van der Waals surface area contributed by atoms with Crippen LogP contribution >= 0.6 is 0 Å². The van der Waals surface area contributed by atoms with Crippen molar-refractivity contribution in [1.82, 2.24) is 15.2 Å². The van der Waals surface area contributed by atoms with E-state index in [9.17, 15) is 9.59 Å². The zero-order valence-corrected chi connectivity index (χ0v) is 15.6. The molecule has 1 atom stereocenters. The number of piperidine rings is 1. The van der Waals surface area contributed by atoms with Gasteiger partial charge in [-0.2, -0.15) is 0 Å². The summed E-state index contributed by atoms with van der Waals surface area (Å²) in [4.78, 5) is 30.1. The first kappa shape index (κ1) is 18.2. The number of carbonyl (C=O) groups is 1. The van der Waals surface area contributed by atoms with E-state index in [4.69, 9.17) is 0 Å². The third-order valence-electron chi connectivity index (χ3n) is 5.72. The van der Waals surface area contributed by atoms with Gasteiger partial charge >= 0.3 is 0 Å². The number of pyridine rings is 1. The second-order valence-electron chi connectivity index (χ2n) is 7.79. The van der Waals surface area contributed by atoms with Crippen LogP contribution in [0.3, 0.4) is 0 Å². The van der Waals surface area contributed by atoms with Gasteiger partial charge in [-0.15, -0.1) is 0 Å². The summed E-state index contributed by atoms with van der Waals surface area (Å²) in [6, 6.07) is 2.67. The van der Waals surface area contributed by atoms with Gasteiger partial charge in [-0.3, -0.25) is 14.5 Å². The Morgan fingerprint density at radius 3 is 2.52 bits per heavy atom. The highest BCUT2D eigenvalue weighted by atomic mass is 16.2. The SMILES string of the molecule is Cc1cc(C)c(C(=O)NC2CCCN(C3CCCCCC3)C2)c(=O)[nH]1. The molecule has 5 heteroatoms. The van der Waals surface area contributed by atoms with E-state index in [1.54, 1.807) is 0 Å². The molecule has 1 aliphatic heterocycles. The fraction of sp³-hybridized carbons (Fsp3) is 0.700. The van der Waals surface area contributed by atoms with E-state index in [0.717, 1.165) is 37.2 Å². The lowest BCUT2D eigenvalue weighted by molar-refractivity contribution is 0.0858. The molecule has 0 bridgehead atoms. The summed E-state index contributed by atoms with van der Waals surface area (Å²) in [6.07, 6.45) is 10.1. The van der Waals surface area contributed by atoms with Crippen LogP contribution in [0.2, 0.25) is 0 Å². The molecule has 3 rings (SSSR count). The van der Waals surface area contributed by atoms with Gasteiger partial charge in [-0.25, -0.2) is 0 Å². The molecule has 2 heterocycles.